The zero-order valence-corrected chi connectivity index (χ0v) is 9.70. The molecule has 84 valence electrons. The summed E-state index contributed by atoms with van der Waals surface area (Å²) >= 11 is 1.70. The van der Waals surface area contributed by atoms with Crippen LogP contribution in [0.1, 0.15) is 18.5 Å². The van der Waals surface area contributed by atoms with Crippen LogP contribution < -0.4 is 5.32 Å². The van der Waals surface area contributed by atoms with Crippen molar-refractivity contribution in [1.82, 2.24) is 5.32 Å². The molecule has 0 saturated carbocycles. The Morgan fingerprint density at radius 2 is 2.13 bits per heavy atom. The molecule has 15 heavy (non-hydrogen) atoms. The molecule has 1 nitrogen and oxygen atoms in total. The molecular formula is C11H15F2NS. The number of halogens is 2. The third-order valence-corrected chi connectivity index (χ3v) is 3.15. The van der Waals surface area contributed by atoms with Crippen LogP contribution in [0, 0.1) is 11.6 Å². The van der Waals surface area contributed by atoms with E-state index >= 15 is 0 Å². The van der Waals surface area contributed by atoms with Crippen LogP contribution in [0.25, 0.3) is 0 Å². The number of rotatable bonds is 5. The molecule has 0 aliphatic carbocycles. The van der Waals surface area contributed by atoms with Crippen LogP contribution >= 0.6 is 11.8 Å². The van der Waals surface area contributed by atoms with E-state index in [4.69, 9.17) is 0 Å². The first-order valence-electron chi connectivity index (χ1n) is 4.89. The zero-order chi connectivity index (χ0) is 11.3. The zero-order valence-electron chi connectivity index (χ0n) is 8.89. The van der Waals surface area contributed by atoms with Crippen molar-refractivity contribution in [3.63, 3.8) is 0 Å². The van der Waals surface area contributed by atoms with Crippen molar-refractivity contribution in [3.8, 4) is 0 Å². The molecule has 1 rings (SSSR count). The van der Waals surface area contributed by atoms with E-state index in [1.807, 2.05) is 6.92 Å². The molecule has 1 N–H and O–H groups in total. The summed E-state index contributed by atoms with van der Waals surface area (Å²) < 4.78 is 26.4. The highest BCUT2D eigenvalue weighted by molar-refractivity contribution is 7.99. The maximum atomic E-state index is 13.4. The molecule has 0 amide bonds. The van der Waals surface area contributed by atoms with Crippen molar-refractivity contribution in [2.24, 2.45) is 0 Å². The van der Waals surface area contributed by atoms with Gasteiger partial charge < -0.3 is 5.32 Å². The predicted molar refractivity (Wildman–Crippen MR) is 61.2 cm³/mol. The molecule has 1 unspecified atom stereocenters. The van der Waals surface area contributed by atoms with Crippen molar-refractivity contribution in [2.75, 3.05) is 18.6 Å². The Hall–Kier alpha value is -0.610. The molecule has 1 aromatic carbocycles. The van der Waals surface area contributed by atoms with Gasteiger partial charge in [-0.2, -0.15) is 11.8 Å². The van der Waals surface area contributed by atoms with Crippen LogP contribution in [-0.2, 0) is 0 Å². The van der Waals surface area contributed by atoms with Gasteiger partial charge in [0, 0.05) is 17.4 Å². The maximum Gasteiger partial charge on any atom is 0.128 e. The fraction of sp³-hybridized carbons (Fsp3) is 0.455. The topological polar surface area (TPSA) is 12.0 Å². The van der Waals surface area contributed by atoms with Crippen LogP contribution in [0.3, 0.4) is 0 Å². The third-order valence-electron chi connectivity index (χ3n) is 2.17. The van der Waals surface area contributed by atoms with Gasteiger partial charge in [0.15, 0.2) is 0 Å². The molecule has 0 aliphatic heterocycles. The lowest BCUT2D eigenvalue weighted by molar-refractivity contribution is 0.549. The van der Waals surface area contributed by atoms with Gasteiger partial charge in [-0.1, -0.05) is 6.92 Å². The van der Waals surface area contributed by atoms with Gasteiger partial charge in [-0.25, -0.2) is 8.78 Å². The van der Waals surface area contributed by atoms with Crippen molar-refractivity contribution in [2.45, 2.75) is 13.0 Å². The molecule has 1 aromatic rings. The number of hydrogen-bond acceptors (Lipinski definition) is 2. The Morgan fingerprint density at radius 1 is 1.40 bits per heavy atom. The summed E-state index contributed by atoms with van der Waals surface area (Å²) in [6.07, 6.45) is 0. The standard InChI is InChI=1S/C11H15F2NS/c1-3-15-7-11(14-2)9-6-8(12)4-5-10(9)13/h4-6,11,14H,3,7H2,1-2H3. The Balaban J connectivity index is 2.85. The summed E-state index contributed by atoms with van der Waals surface area (Å²) in [5.74, 6) is 0.961. The summed E-state index contributed by atoms with van der Waals surface area (Å²) in [5.41, 5.74) is 0.401. The van der Waals surface area contributed by atoms with Gasteiger partial charge in [-0.15, -0.1) is 0 Å². The van der Waals surface area contributed by atoms with Crippen molar-refractivity contribution >= 4 is 11.8 Å². The van der Waals surface area contributed by atoms with E-state index in [2.05, 4.69) is 5.32 Å². The van der Waals surface area contributed by atoms with Crippen LogP contribution in [0.15, 0.2) is 18.2 Å². The summed E-state index contributed by atoms with van der Waals surface area (Å²) in [6, 6.07) is 3.43. The summed E-state index contributed by atoms with van der Waals surface area (Å²) in [7, 11) is 1.76. The molecule has 0 fully saturated rings. The fourth-order valence-corrected chi connectivity index (χ4v) is 2.16. The highest BCUT2D eigenvalue weighted by atomic mass is 32.2. The first-order chi connectivity index (χ1) is 7.19. The van der Waals surface area contributed by atoms with Crippen molar-refractivity contribution in [3.05, 3.63) is 35.4 Å². The number of hydrogen-bond donors (Lipinski definition) is 1. The molecule has 0 saturated heterocycles. The SMILES string of the molecule is CCSCC(NC)c1cc(F)ccc1F. The smallest absolute Gasteiger partial charge is 0.128 e. The fourth-order valence-electron chi connectivity index (χ4n) is 1.35. The van der Waals surface area contributed by atoms with E-state index in [1.54, 1.807) is 18.8 Å². The average molecular weight is 231 g/mol. The second-order valence-corrected chi connectivity index (χ2v) is 4.49. The first kappa shape index (κ1) is 12.5. The molecule has 0 heterocycles. The van der Waals surface area contributed by atoms with Crippen LogP contribution in [0.4, 0.5) is 8.78 Å². The monoisotopic (exact) mass is 231 g/mol. The third kappa shape index (κ3) is 3.47. The summed E-state index contributed by atoms with van der Waals surface area (Å²) in [4.78, 5) is 0. The quantitative estimate of drug-likeness (QED) is 0.836. The lowest BCUT2D eigenvalue weighted by Crippen LogP contribution is -2.20. The van der Waals surface area contributed by atoms with Crippen LogP contribution in [0.5, 0.6) is 0 Å². The molecule has 4 heteroatoms. The molecule has 0 bridgehead atoms. The molecular weight excluding hydrogens is 216 g/mol. The van der Waals surface area contributed by atoms with Crippen LogP contribution in [0.2, 0.25) is 0 Å². The van der Waals surface area contributed by atoms with Gasteiger partial charge in [-0.05, 0) is 31.0 Å². The van der Waals surface area contributed by atoms with Gasteiger partial charge in [0.25, 0.3) is 0 Å². The normalized spacial score (nSPS) is 12.8. The van der Waals surface area contributed by atoms with E-state index < -0.39 is 5.82 Å². The Morgan fingerprint density at radius 3 is 2.73 bits per heavy atom. The molecule has 0 radical (unpaired) electrons. The molecule has 0 aromatic heterocycles. The van der Waals surface area contributed by atoms with Gasteiger partial charge in [-0.3, -0.25) is 0 Å². The highest BCUT2D eigenvalue weighted by Crippen LogP contribution is 2.21. The minimum absolute atomic E-state index is 0.134. The average Bonchev–Trinajstić information content (AvgIpc) is 2.24. The summed E-state index contributed by atoms with van der Waals surface area (Å²) in [6.45, 7) is 2.04. The van der Waals surface area contributed by atoms with E-state index in [9.17, 15) is 8.78 Å². The lowest BCUT2D eigenvalue weighted by Gasteiger charge is -2.16. The largest absolute Gasteiger partial charge is 0.312 e. The van der Waals surface area contributed by atoms with E-state index in [0.717, 1.165) is 17.6 Å². The Bertz CT molecular complexity index is 317. The number of benzene rings is 1. The van der Waals surface area contributed by atoms with E-state index in [1.165, 1.54) is 12.1 Å². The number of nitrogens with one attached hydrogen (secondary N) is 1. The minimum Gasteiger partial charge on any atom is -0.312 e. The van der Waals surface area contributed by atoms with Crippen molar-refractivity contribution in [1.29, 1.82) is 0 Å². The predicted octanol–water partition coefficient (Wildman–Crippen LogP) is 2.98. The second kappa shape index (κ2) is 6.08. The van der Waals surface area contributed by atoms with E-state index in [0.29, 0.717) is 5.56 Å². The van der Waals surface area contributed by atoms with Gasteiger partial charge in [0.2, 0.25) is 0 Å². The Labute approximate surface area is 93.3 Å². The summed E-state index contributed by atoms with van der Waals surface area (Å²) in [5, 5.41) is 2.99. The lowest BCUT2D eigenvalue weighted by atomic mass is 10.1. The molecule has 1 atom stereocenters. The Kier molecular flexibility index (Phi) is 5.05. The minimum atomic E-state index is -0.395. The maximum absolute atomic E-state index is 13.4. The first-order valence-corrected chi connectivity index (χ1v) is 6.04. The number of thioether (sulfide) groups is 1. The van der Waals surface area contributed by atoms with Crippen LogP contribution in [-0.4, -0.2) is 18.6 Å². The van der Waals surface area contributed by atoms with Crippen molar-refractivity contribution < 1.29 is 8.78 Å². The molecule has 0 spiro atoms. The van der Waals surface area contributed by atoms with Gasteiger partial charge in [0.05, 0.1) is 0 Å². The van der Waals surface area contributed by atoms with Gasteiger partial charge >= 0.3 is 0 Å². The van der Waals surface area contributed by atoms with E-state index in [-0.39, 0.29) is 11.9 Å². The second-order valence-electron chi connectivity index (χ2n) is 3.17. The molecule has 0 aliphatic rings. The van der Waals surface area contributed by atoms with Gasteiger partial charge in [0.1, 0.15) is 11.6 Å². The highest BCUT2D eigenvalue weighted by Gasteiger charge is 2.14.